The van der Waals surface area contributed by atoms with Crippen molar-refractivity contribution in [2.75, 3.05) is 0 Å². The van der Waals surface area contributed by atoms with Crippen molar-refractivity contribution in [1.29, 1.82) is 0 Å². The molecule has 0 fully saturated rings. The lowest BCUT2D eigenvalue weighted by Crippen LogP contribution is -2.28. The van der Waals surface area contributed by atoms with Crippen molar-refractivity contribution in [3.05, 3.63) is 17.5 Å². The Morgan fingerprint density at radius 1 is 1.39 bits per heavy atom. The van der Waals surface area contributed by atoms with Crippen LogP contribution in [0.2, 0.25) is 0 Å². The molecule has 0 saturated heterocycles. The van der Waals surface area contributed by atoms with Gasteiger partial charge in [0.05, 0.1) is 0 Å². The molecule has 0 aliphatic rings. The predicted molar refractivity (Wildman–Crippen MR) is 73.7 cm³/mol. The van der Waals surface area contributed by atoms with Crippen LogP contribution in [0.4, 0.5) is 0 Å². The highest BCUT2D eigenvalue weighted by Gasteiger charge is 2.18. The first kappa shape index (κ1) is 14.9. The van der Waals surface area contributed by atoms with E-state index in [4.69, 9.17) is 4.74 Å². The van der Waals surface area contributed by atoms with Crippen LogP contribution in [0.3, 0.4) is 0 Å². The van der Waals surface area contributed by atoms with E-state index in [0.717, 1.165) is 24.2 Å². The molecule has 0 radical (unpaired) electrons. The summed E-state index contributed by atoms with van der Waals surface area (Å²) in [4.78, 5) is 8.69. The van der Waals surface area contributed by atoms with Gasteiger partial charge >= 0.3 is 6.01 Å². The van der Waals surface area contributed by atoms with Crippen molar-refractivity contribution in [2.45, 2.75) is 66.2 Å². The average Bonchev–Trinajstić information content (AvgIpc) is 2.27. The Morgan fingerprint density at radius 2 is 2.06 bits per heavy atom. The maximum Gasteiger partial charge on any atom is 0.317 e. The quantitative estimate of drug-likeness (QED) is 0.844. The minimum atomic E-state index is -0.218. The lowest BCUT2D eigenvalue weighted by atomic mass is 10.1. The van der Waals surface area contributed by atoms with Gasteiger partial charge in [-0.05, 0) is 27.2 Å². The van der Waals surface area contributed by atoms with Crippen molar-refractivity contribution in [1.82, 2.24) is 15.3 Å². The number of ether oxygens (including phenoxy) is 1. The Hall–Kier alpha value is -1.16. The van der Waals surface area contributed by atoms with Gasteiger partial charge in [0, 0.05) is 30.0 Å². The summed E-state index contributed by atoms with van der Waals surface area (Å²) in [5.41, 5.74) is 1.87. The van der Waals surface area contributed by atoms with Gasteiger partial charge in [-0.25, -0.2) is 9.97 Å². The third-order valence-corrected chi connectivity index (χ3v) is 2.98. The number of aromatic nitrogens is 2. The maximum atomic E-state index is 5.77. The number of rotatable bonds is 6. The molecular formula is C14H25N3O. The van der Waals surface area contributed by atoms with Crippen molar-refractivity contribution in [3.63, 3.8) is 0 Å². The smallest absolute Gasteiger partial charge is 0.317 e. The summed E-state index contributed by atoms with van der Waals surface area (Å²) in [6, 6.07) is 0.923. The van der Waals surface area contributed by atoms with E-state index < -0.39 is 0 Å². The van der Waals surface area contributed by atoms with E-state index in [1.165, 1.54) is 0 Å². The Balaban J connectivity index is 2.73. The molecule has 1 aromatic rings. The molecule has 1 heterocycles. The van der Waals surface area contributed by atoms with E-state index in [2.05, 4.69) is 36.1 Å². The molecular weight excluding hydrogens is 226 g/mol. The van der Waals surface area contributed by atoms with Crippen molar-refractivity contribution in [3.8, 4) is 6.01 Å². The Morgan fingerprint density at radius 3 is 2.56 bits per heavy atom. The number of nitrogens with zero attached hydrogens (tertiary/aromatic N) is 2. The van der Waals surface area contributed by atoms with Gasteiger partial charge in [-0.1, -0.05) is 20.8 Å². The van der Waals surface area contributed by atoms with Gasteiger partial charge in [-0.15, -0.1) is 0 Å². The van der Waals surface area contributed by atoms with Crippen LogP contribution in [0.1, 0.15) is 52.3 Å². The molecule has 0 aromatic carbocycles. The molecule has 102 valence electrons. The van der Waals surface area contributed by atoms with E-state index >= 15 is 0 Å². The molecule has 4 nitrogen and oxygen atoms in total. The van der Waals surface area contributed by atoms with E-state index in [9.17, 15) is 0 Å². The molecule has 4 heteroatoms. The fraction of sp³-hybridized carbons (Fsp3) is 0.714. The molecule has 0 spiro atoms. The zero-order chi connectivity index (χ0) is 13.8. The second-order valence-electron chi connectivity index (χ2n) is 5.51. The van der Waals surface area contributed by atoms with Crippen molar-refractivity contribution >= 4 is 0 Å². The second kappa shape index (κ2) is 6.14. The largest absolute Gasteiger partial charge is 0.457 e. The van der Waals surface area contributed by atoms with Crippen molar-refractivity contribution < 1.29 is 4.74 Å². The van der Waals surface area contributed by atoms with Gasteiger partial charge in [0.25, 0.3) is 0 Å². The molecule has 1 N–H and O–H groups in total. The summed E-state index contributed by atoms with van der Waals surface area (Å²) in [7, 11) is 0. The molecule has 0 atom stereocenters. The first-order chi connectivity index (χ1) is 8.34. The third-order valence-electron chi connectivity index (χ3n) is 2.98. The highest BCUT2D eigenvalue weighted by atomic mass is 16.5. The lowest BCUT2D eigenvalue weighted by Gasteiger charge is -2.23. The lowest BCUT2D eigenvalue weighted by molar-refractivity contribution is 0.0921. The predicted octanol–water partition coefficient (Wildman–Crippen LogP) is 2.85. The number of nitrogens with one attached hydrogen (secondary N) is 1. The van der Waals surface area contributed by atoms with Gasteiger partial charge in [-0.2, -0.15) is 0 Å². The van der Waals surface area contributed by atoms with Gasteiger partial charge < -0.3 is 10.1 Å². The Bertz CT molecular complexity index is 389. The van der Waals surface area contributed by atoms with Crippen molar-refractivity contribution in [2.24, 2.45) is 0 Å². The van der Waals surface area contributed by atoms with E-state index in [1.807, 2.05) is 27.0 Å². The number of hydrogen-bond acceptors (Lipinski definition) is 4. The molecule has 0 amide bonds. The fourth-order valence-electron chi connectivity index (χ4n) is 1.33. The van der Waals surface area contributed by atoms with E-state index in [-0.39, 0.29) is 5.60 Å². The van der Waals surface area contributed by atoms with Gasteiger partial charge in [0.2, 0.25) is 0 Å². The zero-order valence-corrected chi connectivity index (χ0v) is 12.4. The number of aryl methyl sites for hydroxylation is 1. The molecule has 0 unspecified atom stereocenters. The molecule has 0 bridgehead atoms. The Labute approximate surface area is 110 Å². The van der Waals surface area contributed by atoms with Gasteiger partial charge in [-0.3, -0.25) is 0 Å². The van der Waals surface area contributed by atoms with Gasteiger partial charge in [0.15, 0.2) is 0 Å². The minimum Gasteiger partial charge on any atom is -0.457 e. The first-order valence-corrected chi connectivity index (χ1v) is 6.59. The first-order valence-electron chi connectivity index (χ1n) is 6.59. The van der Waals surface area contributed by atoms with E-state index in [0.29, 0.717) is 12.1 Å². The normalized spacial score (nSPS) is 11.9. The SMILES string of the molecule is CCC(C)(C)Oc1ncc(CNC(C)C)c(C)n1. The number of hydrogen-bond donors (Lipinski definition) is 1. The average molecular weight is 251 g/mol. The second-order valence-corrected chi connectivity index (χ2v) is 5.51. The highest BCUT2D eigenvalue weighted by molar-refractivity contribution is 5.18. The summed E-state index contributed by atoms with van der Waals surface area (Å²) in [5.74, 6) is 0. The molecule has 0 saturated carbocycles. The summed E-state index contributed by atoms with van der Waals surface area (Å²) < 4.78 is 5.77. The summed E-state index contributed by atoms with van der Waals surface area (Å²) in [5, 5.41) is 3.36. The molecule has 1 aromatic heterocycles. The van der Waals surface area contributed by atoms with Crippen LogP contribution in [-0.4, -0.2) is 21.6 Å². The van der Waals surface area contributed by atoms with Crippen LogP contribution >= 0.6 is 0 Å². The summed E-state index contributed by atoms with van der Waals surface area (Å²) >= 11 is 0. The maximum absolute atomic E-state index is 5.77. The van der Waals surface area contributed by atoms with Crippen LogP contribution in [-0.2, 0) is 6.54 Å². The van der Waals surface area contributed by atoms with Crippen LogP contribution in [0.5, 0.6) is 6.01 Å². The van der Waals surface area contributed by atoms with Crippen LogP contribution in [0.15, 0.2) is 6.20 Å². The van der Waals surface area contributed by atoms with Crippen LogP contribution in [0.25, 0.3) is 0 Å². The van der Waals surface area contributed by atoms with E-state index in [1.54, 1.807) is 0 Å². The van der Waals surface area contributed by atoms with Crippen LogP contribution in [0, 0.1) is 6.92 Å². The monoisotopic (exact) mass is 251 g/mol. The van der Waals surface area contributed by atoms with Crippen LogP contribution < -0.4 is 10.1 Å². The minimum absolute atomic E-state index is 0.218. The molecule has 0 aliphatic heterocycles. The standard InChI is InChI=1S/C14H25N3O/c1-7-14(5,6)18-13-16-9-12(11(4)17-13)8-15-10(2)3/h9-10,15H,7-8H2,1-6H3. The zero-order valence-electron chi connectivity index (χ0n) is 12.4. The Kier molecular flexibility index (Phi) is 5.08. The summed E-state index contributed by atoms with van der Waals surface area (Å²) in [6.07, 6.45) is 2.77. The molecule has 18 heavy (non-hydrogen) atoms. The topological polar surface area (TPSA) is 47.0 Å². The molecule has 0 aliphatic carbocycles. The molecule has 1 rings (SSSR count). The van der Waals surface area contributed by atoms with Gasteiger partial charge in [0.1, 0.15) is 5.60 Å². The highest BCUT2D eigenvalue weighted by Crippen LogP contribution is 2.17. The third kappa shape index (κ3) is 4.61. The fourth-order valence-corrected chi connectivity index (χ4v) is 1.33. The summed E-state index contributed by atoms with van der Waals surface area (Å²) in [6.45, 7) is 13.2.